The Balaban J connectivity index is 1.85. The summed E-state index contributed by atoms with van der Waals surface area (Å²) >= 11 is 0. The molecule has 1 aromatic rings. The van der Waals surface area contributed by atoms with E-state index in [9.17, 15) is 0 Å². The standard InChI is InChI=1S/C10H16N4/c1-8-4-6-12-10(14-8)13-7-9-3-2-5-11-9/h4,6,9,11H,2-3,5,7H2,1H3,(H,12,13,14)/t9-/m0/s1. The summed E-state index contributed by atoms with van der Waals surface area (Å²) in [6.45, 7) is 4.03. The van der Waals surface area contributed by atoms with Gasteiger partial charge in [0, 0.05) is 24.5 Å². The third kappa shape index (κ3) is 2.42. The molecule has 14 heavy (non-hydrogen) atoms. The predicted octanol–water partition coefficient (Wildman–Crippen LogP) is 0.949. The largest absolute Gasteiger partial charge is 0.353 e. The van der Waals surface area contributed by atoms with Gasteiger partial charge in [0.1, 0.15) is 0 Å². The number of nitrogens with one attached hydrogen (secondary N) is 2. The zero-order chi connectivity index (χ0) is 9.80. The zero-order valence-electron chi connectivity index (χ0n) is 8.45. The average molecular weight is 192 g/mol. The van der Waals surface area contributed by atoms with Gasteiger partial charge in [-0.25, -0.2) is 9.97 Å². The number of aromatic nitrogens is 2. The van der Waals surface area contributed by atoms with Gasteiger partial charge in [0.15, 0.2) is 0 Å². The van der Waals surface area contributed by atoms with E-state index in [1.54, 1.807) is 6.20 Å². The SMILES string of the molecule is Cc1ccnc(NC[C@@H]2CCCN2)n1. The molecule has 0 radical (unpaired) electrons. The lowest BCUT2D eigenvalue weighted by Gasteiger charge is -2.11. The number of nitrogens with zero attached hydrogens (tertiary/aromatic N) is 2. The van der Waals surface area contributed by atoms with E-state index in [1.165, 1.54) is 12.8 Å². The molecule has 2 N–H and O–H groups in total. The summed E-state index contributed by atoms with van der Waals surface area (Å²) in [6.07, 6.45) is 4.31. The average Bonchev–Trinajstić information content (AvgIpc) is 2.67. The number of rotatable bonds is 3. The molecule has 0 unspecified atom stereocenters. The van der Waals surface area contributed by atoms with Gasteiger partial charge in [-0.2, -0.15) is 0 Å². The van der Waals surface area contributed by atoms with Crippen LogP contribution in [0, 0.1) is 6.92 Å². The van der Waals surface area contributed by atoms with Crippen molar-refractivity contribution in [1.82, 2.24) is 15.3 Å². The van der Waals surface area contributed by atoms with Crippen LogP contribution < -0.4 is 10.6 Å². The van der Waals surface area contributed by atoms with Gasteiger partial charge in [-0.05, 0) is 32.4 Å². The van der Waals surface area contributed by atoms with E-state index in [0.29, 0.717) is 6.04 Å². The maximum Gasteiger partial charge on any atom is 0.222 e. The Hall–Kier alpha value is -1.16. The van der Waals surface area contributed by atoms with E-state index >= 15 is 0 Å². The molecule has 4 heteroatoms. The van der Waals surface area contributed by atoms with Crippen LogP contribution in [-0.4, -0.2) is 29.1 Å². The van der Waals surface area contributed by atoms with Crippen molar-refractivity contribution in [3.63, 3.8) is 0 Å². The number of hydrogen-bond acceptors (Lipinski definition) is 4. The number of hydrogen-bond donors (Lipinski definition) is 2. The van der Waals surface area contributed by atoms with Crippen LogP contribution in [0.5, 0.6) is 0 Å². The van der Waals surface area contributed by atoms with E-state index in [4.69, 9.17) is 0 Å². The number of anilines is 1. The minimum absolute atomic E-state index is 0.583. The molecule has 1 aliphatic heterocycles. The van der Waals surface area contributed by atoms with Crippen LogP contribution >= 0.6 is 0 Å². The molecule has 0 bridgehead atoms. The van der Waals surface area contributed by atoms with Gasteiger partial charge >= 0.3 is 0 Å². The first-order valence-electron chi connectivity index (χ1n) is 5.11. The second kappa shape index (κ2) is 4.37. The van der Waals surface area contributed by atoms with Crippen LogP contribution in [0.25, 0.3) is 0 Å². The highest BCUT2D eigenvalue weighted by Crippen LogP contribution is 2.06. The van der Waals surface area contributed by atoms with Gasteiger partial charge < -0.3 is 10.6 Å². The van der Waals surface area contributed by atoms with Crippen LogP contribution in [0.2, 0.25) is 0 Å². The van der Waals surface area contributed by atoms with Crippen molar-refractivity contribution in [2.45, 2.75) is 25.8 Å². The van der Waals surface area contributed by atoms with Gasteiger partial charge in [-0.1, -0.05) is 0 Å². The maximum atomic E-state index is 4.28. The molecule has 2 heterocycles. The smallest absolute Gasteiger partial charge is 0.222 e. The molecule has 0 saturated carbocycles. The van der Waals surface area contributed by atoms with E-state index in [-0.39, 0.29) is 0 Å². The first-order valence-corrected chi connectivity index (χ1v) is 5.11. The van der Waals surface area contributed by atoms with Gasteiger partial charge in [0.25, 0.3) is 0 Å². The van der Waals surface area contributed by atoms with Crippen molar-refractivity contribution in [2.75, 3.05) is 18.4 Å². The number of aryl methyl sites for hydroxylation is 1. The quantitative estimate of drug-likeness (QED) is 0.748. The first-order chi connectivity index (χ1) is 6.84. The molecule has 1 aliphatic rings. The molecule has 1 atom stereocenters. The molecule has 0 aromatic carbocycles. The summed E-state index contributed by atoms with van der Waals surface area (Å²) < 4.78 is 0. The molecule has 1 saturated heterocycles. The van der Waals surface area contributed by atoms with Crippen molar-refractivity contribution < 1.29 is 0 Å². The Morgan fingerprint density at radius 1 is 1.64 bits per heavy atom. The van der Waals surface area contributed by atoms with E-state index in [1.807, 2.05) is 13.0 Å². The first kappa shape index (κ1) is 9.40. The molecule has 0 spiro atoms. The third-order valence-electron chi connectivity index (χ3n) is 2.46. The lowest BCUT2D eigenvalue weighted by atomic mass is 10.2. The highest BCUT2D eigenvalue weighted by molar-refractivity contribution is 5.24. The Kier molecular flexibility index (Phi) is 2.93. The van der Waals surface area contributed by atoms with Gasteiger partial charge in [-0.15, -0.1) is 0 Å². The molecular weight excluding hydrogens is 176 g/mol. The Morgan fingerprint density at radius 3 is 3.29 bits per heavy atom. The second-order valence-electron chi connectivity index (χ2n) is 3.70. The second-order valence-corrected chi connectivity index (χ2v) is 3.70. The van der Waals surface area contributed by atoms with Crippen LogP contribution in [-0.2, 0) is 0 Å². The fourth-order valence-electron chi connectivity index (χ4n) is 1.68. The van der Waals surface area contributed by atoms with Gasteiger partial charge in [-0.3, -0.25) is 0 Å². The summed E-state index contributed by atoms with van der Waals surface area (Å²) in [6, 6.07) is 2.48. The molecule has 2 rings (SSSR count). The molecule has 4 nitrogen and oxygen atoms in total. The Bertz CT molecular complexity index is 294. The van der Waals surface area contributed by atoms with Gasteiger partial charge in [0.05, 0.1) is 0 Å². The van der Waals surface area contributed by atoms with Crippen molar-refractivity contribution in [3.05, 3.63) is 18.0 Å². The lowest BCUT2D eigenvalue weighted by Crippen LogP contribution is -2.29. The maximum absolute atomic E-state index is 4.28. The fraction of sp³-hybridized carbons (Fsp3) is 0.600. The molecule has 1 fully saturated rings. The monoisotopic (exact) mass is 192 g/mol. The normalized spacial score (nSPS) is 21.1. The summed E-state index contributed by atoms with van der Waals surface area (Å²) in [5, 5.41) is 6.67. The summed E-state index contributed by atoms with van der Waals surface area (Å²) in [5.41, 5.74) is 1.00. The van der Waals surface area contributed by atoms with E-state index < -0.39 is 0 Å². The highest BCUT2D eigenvalue weighted by Gasteiger charge is 2.13. The lowest BCUT2D eigenvalue weighted by molar-refractivity contribution is 0.631. The predicted molar refractivity (Wildman–Crippen MR) is 56.3 cm³/mol. The van der Waals surface area contributed by atoms with Crippen molar-refractivity contribution >= 4 is 5.95 Å². The van der Waals surface area contributed by atoms with Crippen LogP contribution in [0.1, 0.15) is 18.5 Å². The van der Waals surface area contributed by atoms with Crippen molar-refractivity contribution in [2.24, 2.45) is 0 Å². The third-order valence-corrected chi connectivity index (χ3v) is 2.46. The zero-order valence-corrected chi connectivity index (χ0v) is 8.45. The Labute approximate surface area is 84.2 Å². The fourth-order valence-corrected chi connectivity index (χ4v) is 1.68. The molecule has 0 amide bonds. The molecular formula is C10H16N4. The van der Waals surface area contributed by atoms with Crippen LogP contribution in [0.15, 0.2) is 12.3 Å². The molecule has 1 aromatic heterocycles. The summed E-state index contributed by atoms with van der Waals surface area (Å²) in [5.74, 6) is 0.735. The minimum atomic E-state index is 0.583. The summed E-state index contributed by atoms with van der Waals surface area (Å²) in [7, 11) is 0. The molecule has 0 aliphatic carbocycles. The van der Waals surface area contributed by atoms with Crippen molar-refractivity contribution in [1.29, 1.82) is 0 Å². The summed E-state index contributed by atoms with van der Waals surface area (Å²) in [4.78, 5) is 8.43. The Morgan fingerprint density at radius 2 is 2.57 bits per heavy atom. The minimum Gasteiger partial charge on any atom is -0.353 e. The molecule has 76 valence electrons. The topological polar surface area (TPSA) is 49.8 Å². The van der Waals surface area contributed by atoms with Crippen LogP contribution in [0.4, 0.5) is 5.95 Å². The van der Waals surface area contributed by atoms with Crippen molar-refractivity contribution in [3.8, 4) is 0 Å². The van der Waals surface area contributed by atoms with E-state index in [2.05, 4.69) is 20.6 Å². The van der Waals surface area contributed by atoms with E-state index in [0.717, 1.165) is 24.7 Å². The highest BCUT2D eigenvalue weighted by atomic mass is 15.1. The van der Waals surface area contributed by atoms with Crippen LogP contribution in [0.3, 0.4) is 0 Å². The van der Waals surface area contributed by atoms with Gasteiger partial charge in [0.2, 0.25) is 5.95 Å².